The van der Waals surface area contributed by atoms with Crippen LogP contribution in [0.4, 0.5) is 0 Å². The maximum atomic E-state index is 5.88. The monoisotopic (exact) mass is 210 g/mol. The Hall–Kier alpha value is -0.530. The summed E-state index contributed by atoms with van der Waals surface area (Å²) in [5.41, 5.74) is 1.24. The quantitative estimate of drug-likeness (QED) is 0.694. The second-order valence-corrected chi connectivity index (χ2v) is 4.55. The molecular weight excluding hydrogens is 196 g/mol. The maximum absolute atomic E-state index is 5.88. The van der Waals surface area contributed by atoms with E-state index in [0.717, 1.165) is 26.1 Å². The zero-order valence-electron chi connectivity index (χ0n) is 8.16. The Morgan fingerprint density at radius 2 is 1.93 bits per heavy atom. The van der Waals surface area contributed by atoms with Crippen molar-refractivity contribution in [1.29, 1.82) is 0 Å². The highest BCUT2D eigenvalue weighted by atomic mass is 35.5. The van der Waals surface area contributed by atoms with Crippen molar-refractivity contribution >= 4 is 11.6 Å². The molecule has 0 N–H and O–H groups in total. The molecule has 0 bridgehead atoms. The lowest BCUT2D eigenvalue weighted by Gasteiger charge is -2.30. The van der Waals surface area contributed by atoms with E-state index in [-0.39, 0.29) is 0 Å². The van der Waals surface area contributed by atoms with Crippen molar-refractivity contribution in [3.63, 3.8) is 0 Å². The predicted molar refractivity (Wildman–Crippen MR) is 58.5 cm³/mol. The fraction of sp³-hybridized carbons (Fsp3) is 0.500. The van der Waals surface area contributed by atoms with Crippen LogP contribution in [0.2, 0.25) is 0 Å². The molecule has 0 aliphatic heterocycles. The third-order valence-corrected chi connectivity index (χ3v) is 3.00. The summed E-state index contributed by atoms with van der Waals surface area (Å²) < 4.78 is 5.61. The van der Waals surface area contributed by atoms with Crippen LogP contribution in [0.1, 0.15) is 18.4 Å². The second kappa shape index (κ2) is 4.81. The first-order valence-electron chi connectivity index (χ1n) is 5.10. The van der Waals surface area contributed by atoms with Crippen LogP contribution in [0, 0.1) is 5.92 Å². The van der Waals surface area contributed by atoms with Crippen molar-refractivity contribution in [3.05, 3.63) is 35.9 Å². The maximum Gasteiger partial charge on any atom is 0.0717 e. The summed E-state index contributed by atoms with van der Waals surface area (Å²) in [5, 5.41) is 0.403. The zero-order valence-corrected chi connectivity index (χ0v) is 8.91. The Bertz CT molecular complexity index is 267. The molecule has 0 atom stereocenters. The number of benzene rings is 1. The average Bonchev–Trinajstić information content (AvgIpc) is 2.17. The molecule has 14 heavy (non-hydrogen) atoms. The molecule has 0 radical (unpaired) electrons. The van der Waals surface area contributed by atoms with Gasteiger partial charge in [0.1, 0.15) is 0 Å². The van der Waals surface area contributed by atoms with Crippen molar-refractivity contribution in [1.82, 2.24) is 0 Å². The fourth-order valence-electron chi connectivity index (χ4n) is 1.71. The minimum absolute atomic E-state index is 0.403. The zero-order chi connectivity index (χ0) is 9.80. The van der Waals surface area contributed by atoms with Gasteiger partial charge in [-0.2, -0.15) is 0 Å². The van der Waals surface area contributed by atoms with Crippen molar-refractivity contribution < 1.29 is 4.74 Å². The Balaban J connectivity index is 1.64. The van der Waals surface area contributed by atoms with Gasteiger partial charge in [-0.3, -0.25) is 0 Å². The van der Waals surface area contributed by atoms with E-state index < -0.39 is 0 Å². The SMILES string of the molecule is ClC1CC(COCc2ccccc2)C1. The summed E-state index contributed by atoms with van der Waals surface area (Å²) in [6, 6.07) is 10.3. The van der Waals surface area contributed by atoms with Gasteiger partial charge < -0.3 is 4.74 Å². The molecule has 2 heteroatoms. The van der Waals surface area contributed by atoms with Crippen LogP contribution < -0.4 is 0 Å². The number of hydrogen-bond donors (Lipinski definition) is 0. The first-order chi connectivity index (χ1) is 6.84. The van der Waals surface area contributed by atoms with Gasteiger partial charge in [0.2, 0.25) is 0 Å². The minimum Gasteiger partial charge on any atom is -0.376 e. The molecule has 1 aliphatic carbocycles. The van der Waals surface area contributed by atoms with Crippen LogP contribution in [-0.2, 0) is 11.3 Å². The second-order valence-electron chi connectivity index (χ2n) is 3.94. The highest BCUT2D eigenvalue weighted by molar-refractivity contribution is 6.21. The molecule has 1 aromatic carbocycles. The van der Waals surface area contributed by atoms with Gasteiger partial charge >= 0.3 is 0 Å². The first kappa shape index (κ1) is 10.0. The molecule has 1 aromatic rings. The van der Waals surface area contributed by atoms with Crippen LogP contribution in [0.25, 0.3) is 0 Å². The molecule has 1 nitrogen and oxygen atoms in total. The van der Waals surface area contributed by atoms with Crippen LogP contribution in [-0.4, -0.2) is 12.0 Å². The lowest BCUT2D eigenvalue weighted by molar-refractivity contribution is 0.0612. The Morgan fingerprint density at radius 1 is 1.21 bits per heavy atom. The van der Waals surface area contributed by atoms with Crippen LogP contribution in [0.3, 0.4) is 0 Å². The van der Waals surface area contributed by atoms with E-state index in [1.54, 1.807) is 0 Å². The largest absolute Gasteiger partial charge is 0.376 e. The molecule has 1 saturated carbocycles. The molecule has 0 unspecified atom stereocenters. The highest BCUT2D eigenvalue weighted by Crippen LogP contribution is 2.31. The van der Waals surface area contributed by atoms with Gasteiger partial charge in [0.15, 0.2) is 0 Å². The molecule has 0 saturated heterocycles. The third kappa shape index (κ3) is 2.73. The standard InChI is InChI=1S/C12H15ClO/c13-12-6-11(7-12)9-14-8-10-4-2-1-3-5-10/h1-5,11-12H,6-9H2. The topological polar surface area (TPSA) is 9.23 Å². The number of hydrogen-bond acceptors (Lipinski definition) is 1. The van der Waals surface area contributed by atoms with E-state index >= 15 is 0 Å². The lowest BCUT2D eigenvalue weighted by Crippen LogP contribution is -2.27. The van der Waals surface area contributed by atoms with Gasteiger partial charge in [-0.15, -0.1) is 11.6 Å². The summed E-state index contributed by atoms with van der Waals surface area (Å²) in [4.78, 5) is 0. The van der Waals surface area contributed by atoms with Crippen LogP contribution >= 0.6 is 11.6 Å². The Morgan fingerprint density at radius 3 is 2.57 bits per heavy atom. The molecule has 1 fully saturated rings. The molecule has 0 amide bonds. The first-order valence-corrected chi connectivity index (χ1v) is 5.54. The molecule has 0 heterocycles. The average molecular weight is 211 g/mol. The smallest absolute Gasteiger partial charge is 0.0717 e. The van der Waals surface area contributed by atoms with Gasteiger partial charge in [-0.05, 0) is 24.3 Å². The Kier molecular flexibility index (Phi) is 3.44. The van der Waals surface area contributed by atoms with Gasteiger partial charge in [-0.1, -0.05) is 30.3 Å². The van der Waals surface area contributed by atoms with Gasteiger partial charge in [0.25, 0.3) is 0 Å². The molecule has 2 rings (SSSR count). The van der Waals surface area contributed by atoms with Crippen molar-refractivity contribution in [2.75, 3.05) is 6.61 Å². The van der Waals surface area contributed by atoms with Crippen molar-refractivity contribution in [2.24, 2.45) is 5.92 Å². The van der Waals surface area contributed by atoms with E-state index in [4.69, 9.17) is 16.3 Å². The van der Waals surface area contributed by atoms with E-state index in [1.165, 1.54) is 5.56 Å². The van der Waals surface area contributed by atoms with Gasteiger partial charge in [-0.25, -0.2) is 0 Å². The van der Waals surface area contributed by atoms with Crippen molar-refractivity contribution in [2.45, 2.75) is 24.8 Å². The minimum atomic E-state index is 0.403. The van der Waals surface area contributed by atoms with Gasteiger partial charge in [0, 0.05) is 12.0 Å². The summed E-state index contributed by atoms with van der Waals surface area (Å²) in [6.45, 7) is 1.59. The summed E-state index contributed by atoms with van der Waals surface area (Å²) in [6.07, 6.45) is 2.24. The normalized spacial score (nSPS) is 25.8. The molecule has 76 valence electrons. The Labute approximate surface area is 90.0 Å². The summed E-state index contributed by atoms with van der Waals surface area (Å²) in [5.74, 6) is 0.696. The summed E-state index contributed by atoms with van der Waals surface area (Å²) in [7, 11) is 0. The lowest BCUT2D eigenvalue weighted by atomic mass is 9.86. The third-order valence-electron chi connectivity index (χ3n) is 2.64. The summed E-state index contributed by atoms with van der Waals surface area (Å²) >= 11 is 5.88. The van der Waals surface area contributed by atoms with Gasteiger partial charge in [0.05, 0.1) is 6.61 Å². The number of halogens is 1. The van der Waals surface area contributed by atoms with E-state index in [2.05, 4.69) is 12.1 Å². The molecule has 0 aromatic heterocycles. The molecule has 0 spiro atoms. The highest BCUT2D eigenvalue weighted by Gasteiger charge is 2.26. The number of rotatable bonds is 4. The number of ether oxygens (including phenoxy) is 1. The van der Waals surface area contributed by atoms with E-state index in [0.29, 0.717) is 11.3 Å². The number of alkyl halides is 1. The molecular formula is C12H15ClO. The predicted octanol–water partition coefficient (Wildman–Crippen LogP) is 3.22. The molecule has 1 aliphatic rings. The van der Waals surface area contributed by atoms with Crippen molar-refractivity contribution in [3.8, 4) is 0 Å². The van der Waals surface area contributed by atoms with Crippen LogP contribution in [0.5, 0.6) is 0 Å². The fourth-order valence-corrected chi connectivity index (χ4v) is 2.21. The van der Waals surface area contributed by atoms with E-state index in [1.807, 2.05) is 18.2 Å². The van der Waals surface area contributed by atoms with Crippen LogP contribution in [0.15, 0.2) is 30.3 Å². The van der Waals surface area contributed by atoms with E-state index in [9.17, 15) is 0 Å².